The topological polar surface area (TPSA) is 35.2 Å². The summed E-state index contributed by atoms with van der Waals surface area (Å²) in [6.45, 7) is 4.42. The van der Waals surface area contributed by atoms with Crippen molar-refractivity contribution in [3.63, 3.8) is 0 Å². The number of hydrogen-bond acceptors (Lipinski definition) is 2. The number of rotatable bonds is 3. The van der Waals surface area contributed by atoms with Gasteiger partial charge in [0.05, 0.1) is 0 Å². The average molecular weight is 219 g/mol. The maximum atomic E-state index is 5.91. The Morgan fingerprint density at radius 1 is 1.44 bits per heavy atom. The number of hydrogen-bond donors (Lipinski definition) is 1. The van der Waals surface area contributed by atoms with E-state index < -0.39 is 0 Å². The van der Waals surface area contributed by atoms with Crippen molar-refractivity contribution in [2.75, 3.05) is 0 Å². The maximum Gasteiger partial charge on any atom is 0.119 e. The van der Waals surface area contributed by atoms with E-state index in [9.17, 15) is 0 Å². The molecule has 0 heterocycles. The Bertz CT molecular complexity index is 335. The minimum Gasteiger partial charge on any atom is -0.490 e. The van der Waals surface area contributed by atoms with Gasteiger partial charge >= 0.3 is 0 Å². The molecule has 0 bridgehead atoms. The van der Waals surface area contributed by atoms with Crippen molar-refractivity contribution in [3.8, 4) is 0 Å². The summed E-state index contributed by atoms with van der Waals surface area (Å²) in [6, 6.07) is 0.348. The fourth-order valence-corrected chi connectivity index (χ4v) is 2.20. The molecule has 0 amide bonds. The number of nitrogens with two attached hydrogens (primary N) is 1. The fraction of sp³-hybridized carbons (Fsp3) is 0.571. The van der Waals surface area contributed by atoms with E-state index in [1.165, 1.54) is 5.57 Å². The van der Waals surface area contributed by atoms with E-state index in [4.69, 9.17) is 10.5 Å². The van der Waals surface area contributed by atoms with E-state index in [-0.39, 0.29) is 0 Å². The molecule has 88 valence electrons. The van der Waals surface area contributed by atoms with Crippen molar-refractivity contribution in [1.82, 2.24) is 0 Å². The highest BCUT2D eigenvalue weighted by Gasteiger charge is 2.28. The Labute approximate surface area is 97.9 Å². The van der Waals surface area contributed by atoms with Gasteiger partial charge in [0.1, 0.15) is 11.9 Å². The van der Waals surface area contributed by atoms with Crippen molar-refractivity contribution in [2.24, 2.45) is 11.7 Å². The monoisotopic (exact) mass is 219 g/mol. The number of ether oxygens (including phenoxy) is 1. The molecule has 0 radical (unpaired) electrons. The second-order valence-electron chi connectivity index (χ2n) is 4.79. The molecule has 1 atom stereocenters. The van der Waals surface area contributed by atoms with Crippen LogP contribution in [0.3, 0.4) is 0 Å². The summed E-state index contributed by atoms with van der Waals surface area (Å²) in [7, 11) is 0. The molecule has 1 fully saturated rings. The largest absolute Gasteiger partial charge is 0.490 e. The molecule has 0 aromatic carbocycles. The molecule has 16 heavy (non-hydrogen) atoms. The Kier molecular flexibility index (Phi) is 3.49. The Balaban J connectivity index is 2.00. The van der Waals surface area contributed by atoms with Crippen LogP contribution in [0.25, 0.3) is 0 Å². The van der Waals surface area contributed by atoms with Gasteiger partial charge in [-0.05, 0) is 37.3 Å². The molecule has 0 aromatic heterocycles. The van der Waals surface area contributed by atoms with E-state index >= 15 is 0 Å². The van der Waals surface area contributed by atoms with Gasteiger partial charge in [-0.25, -0.2) is 0 Å². The summed E-state index contributed by atoms with van der Waals surface area (Å²) in [5.41, 5.74) is 7.19. The molecule has 0 spiro atoms. The zero-order chi connectivity index (χ0) is 11.5. The van der Waals surface area contributed by atoms with Crippen molar-refractivity contribution in [1.29, 1.82) is 0 Å². The lowest BCUT2D eigenvalue weighted by molar-refractivity contribution is 0.0445. The third kappa shape index (κ3) is 2.56. The summed E-state index contributed by atoms with van der Waals surface area (Å²) < 4.78 is 5.91. The van der Waals surface area contributed by atoms with Gasteiger partial charge in [0.15, 0.2) is 0 Å². The lowest BCUT2D eigenvalue weighted by Gasteiger charge is -2.33. The summed E-state index contributed by atoms with van der Waals surface area (Å²) in [6.07, 6.45) is 12.0. The quantitative estimate of drug-likeness (QED) is 0.792. The normalized spacial score (nSPS) is 33.6. The minimum absolute atomic E-state index is 0.331. The first kappa shape index (κ1) is 11.5. The summed E-state index contributed by atoms with van der Waals surface area (Å²) in [5.74, 6) is 1.51. The van der Waals surface area contributed by atoms with Crippen LogP contribution in [-0.4, -0.2) is 12.1 Å². The van der Waals surface area contributed by atoms with Crippen LogP contribution in [0.2, 0.25) is 0 Å². The molecule has 0 aliphatic heterocycles. The molecule has 2 N–H and O–H groups in total. The number of allylic oxidation sites excluding steroid dienone is 5. The van der Waals surface area contributed by atoms with E-state index in [2.05, 4.69) is 38.2 Å². The van der Waals surface area contributed by atoms with Crippen molar-refractivity contribution in [2.45, 2.75) is 45.3 Å². The van der Waals surface area contributed by atoms with Gasteiger partial charge in [0, 0.05) is 6.04 Å². The van der Waals surface area contributed by atoms with Crippen molar-refractivity contribution >= 4 is 0 Å². The van der Waals surface area contributed by atoms with Crippen LogP contribution in [0.1, 0.15) is 33.1 Å². The van der Waals surface area contributed by atoms with Crippen LogP contribution in [0.5, 0.6) is 0 Å². The molecule has 0 aromatic rings. The molecule has 2 nitrogen and oxygen atoms in total. The zero-order valence-corrected chi connectivity index (χ0v) is 10.1. The predicted octanol–water partition coefficient (Wildman–Crippen LogP) is 2.92. The highest BCUT2D eigenvalue weighted by atomic mass is 16.5. The highest BCUT2D eigenvalue weighted by Crippen LogP contribution is 2.27. The van der Waals surface area contributed by atoms with E-state index in [0.29, 0.717) is 18.1 Å². The van der Waals surface area contributed by atoms with Crippen LogP contribution < -0.4 is 5.73 Å². The first-order valence-electron chi connectivity index (χ1n) is 6.20. The first-order valence-corrected chi connectivity index (χ1v) is 6.20. The second-order valence-corrected chi connectivity index (χ2v) is 4.79. The smallest absolute Gasteiger partial charge is 0.119 e. The van der Waals surface area contributed by atoms with Gasteiger partial charge in [-0.1, -0.05) is 31.6 Å². The lowest BCUT2D eigenvalue weighted by Crippen LogP contribution is -2.41. The van der Waals surface area contributed by atoms with E-state index in [0.717, 1.165) is 25.0 Å². The molecule has 1 saturated carbocycles. The molecule has 2 heteroatoms. The van der Waals surface area contributed by atoms with Crippen LogP contribution >= 0.6 is 0 Å². The van der Waals surface area contributed by atoms with Gasteiger partial charge in [0.2, 0.25) is 0 Å². The molecule has 2 rings (SSSR count). The van der Waals surface area contributed by atoms with Crippen LogP contribution in [0, 0.1) is 5.92 Å². The van der Waals surface area contributed by atoms with Gasteiger partial charge in [-0.3, -0.25) is 0 Å². The van der Waals surface area contributed by atoms with Crippen LogP contribution in [0.15, 0.2) is 35.6 Å². The summed E-state index contributed by atoms with van der Waals surface area (Å²) in [4.78, 5) is 0. The molecule has 2 aliphatic carbocycles. The second kappa shape index (κ2) is 4.88. The maximum absolute atomic E-state index is 5.91. The Morgan fingerprint density at radius 3 is 2.81 bits per heavy atom. The molecular formula is C14H21NO. The molecule has 0 unspecified atom stereocenters. The molecule has 2 aliphatic rings. The van der Waals surface area contributed by atoms with E-state index in [1.807, 2.05) is 0 Å². The standard InChI is InChI=1S/C14H21NO/c1-3-11-7-13(6-4-5-10(11)2)16-14-8-12(15)9-14/h4-7,10,12,14H,3,8-9,15H2,1-2H3/t10-,12-,14+/m0/s1. The Morgan fingerprint density at radius 2 is 2.19 bits per heavy atom. The predicted molar refractivity (Wildman–Crippen MR) is 66.8 cm³/mol. The lowest BCUT2D eigenvalue weighted by atomic mass is 9.90. The minimum atomic E-state index is 0.331. The molecule has 0 saturated heterocycles. The Hall–Kier alpha value is -1.02. The summed E-state index contributed by atoms with van der Waals surface area (Å²) in [5, 5.41) is 0. The van der Waals surface area contributed by atoms with Crippen molar-refractivity contribution < 1.29 is 4.74 Å². The van der Waals surface area contributed by atoms with Gasteiger partial charge in [-0.2, -0.15) is 0 Å². The van der Waals surface area contributed by atoms with Crippen LogP contribution in [-0.2, 0) is 4.74 Å². The average Bonchev–Trinajstić information content (AvgIpc) is 2.38. The SMILES string of the molecule is CCC1=CC(O[C@H]2C[C@@H](N)C2)=CC=C[C@@H]1C. The highest BCUT2D eigenvalue weighted by molar-refractivity contribution is 5.30. The fourth-order valence-electron chi connectivity index (χ4n) is 2.20. The third-order valence-corrected chi connectivity index (χ3v) is 3.42. The molecular weight excluding hydrogens is 198 g/mol. The third-order valence-electron chi connectivity index (χ3n) is 3.42. The first-order chi connectivity index (χ1) is 7.69. The van der Waals surface area contributed by atoms with Gasteiger partial charge < -0.3 is 10.5 Å². The van der Waals surface area contributed by atoms with Gasteiger partial charge in [0.25, 0.3) is 0 Å². The van der Waals surface area contributed by atoms with Crippen molar-refractivity contribution in [3.05, 3.63) is 35.6 Å². The summed E-state index contributed by atoms with van der Waals surface area (Å²) >= 11 is 0. The van der Waals surface area contributed by atoms with Gasteiger partial charge in [-0.15, -0.1) is 0 Å². The van der Waals surface area contributed by atoms with E-state index in [1.54, 1.807) is 0 Å². The van der Waals surface area contributed by atoms with Crippen LogP contribution in [0.4, 0.5) is 0 Å². The zero-order valence-electron chi connectivity index (χ0n) is 10.1.